The first-order valence-electron chi connectivity index (χ1n) is 38.9. The molecule has 0 saturated carbocycles. The first kappa shape index (κ1) is 90.3. The van der Waals surface area contributed by atoms with Crippen molar-refractivity contribution in [1.29, 1.82) is 0 Å². The monoisotopic (exact) mass is 1460 g/mol. The number of nitrogens with two attached hydrogens (primary N) is 1. The predicted octanol–water partition coefficient (Wildman–Crippen LogP) is 19.4. The fourth-order valence-corrected chi connectivity index (χ4v) is 18.0. The fourth-order valence-electron chi connectivity index (χ4n) is 12.8. The molecule has 3 saturated heterocycles. The molecule has 3 aliphatic heterocycles. The second kappa shape index (κ2) is 58.4. The van der Waals surface area contributed by atoms with E-state index in [-0.39, 0.29) is 30.3 Å². The van der Waals surface area contributed by atoms with Gasteiger partial charge in [0, 0.05) is 39.0 Å². The summed E-state index contributed by atoms with van der Waals surface area (Å²) in [6.45, 7) is 5.49. The summed E-state index contributed by atoms with van der Waals surface area (Å²) in [7, 11) is -13.1. The third-order valence-corrected chi connectivity index (χ3v) is 24.7. The van der Waals surface area contributed by atoms with E-state index in [4.69, 9.17) is 51.4 Å². The average molecular weight is 1460 g/mol. The minimum absolute atomic E-state index is 0.0405. The van der Waals surface area contributed by atoms with Crippen molar-refractivity contribution in [3.8, 4) is 0 Å². The number of hydrogen-bond donors (Lipinski definition) is 5. The molecular weight excluding hydrogens is 1320 g/mol. The van der Waals surface area contributed by atoms with E-state index in [0.717, 1.165) is 82.8 Å². The average Bonchev–Trinajstić information content (AvgIpc) is 1.72. The van der Waals surface area contributed by atoms with Crippen molar-refractivity contribution in [3.05, 3.63) is 0 Å². The van der Waals surface area contributed by atoms with Crippen molar-refractivity contribution >= 4 is 79.0 Å². The van der Waals surface area contributed by atoms with Crippen LogP contribution in [-0.2, 0) is 55.3 Å². The van der Waals surface area contributed by atoms with Gasteiger partial charge in [0.1, 0.15) is 12.2 Å². The lowest BCUT2D eigenvalue weighted by molar-refractivity contribution is -0.137. The molecule has 0 aromatic rings. The third-order valence-electron chi connectivity index (χ3n) is 18.7. The number of unbranched alkanes of at least 4 members (excludes halogenated alkanes) is 44. The number of likely N-dealkylation sites (tertiary alicyclic amines) is 1. The molecule has 23 heteroatoms. The molecule has 0 radical (unpaired) electrons. The molecule has 3 rings (SSSR count). The highest BCUT2D eigenvalue weighted by molar-refractivity contribution is 8.00. The van der Waals surface area contributed by atoms with Gasteiger partial charge in [-0.15, -0.1) is 11.8 Å². The topological polar surface area (TPSA) is 237 Å². The number of carbonyl (C=O) groups excluding carboxylic acids is 2. The van der Waals surface area contributed by atoms with Gasteiger partial charge in [-0.1, -0.05) is 263 Å². The molecule has 96 heavy (non-hydrogen) atoms. The summed E-state index contributed by atoms with van der Waals surface area (Å²) in [5, 5.41) is -0.250. The Bertz CT molecular complexity index is 2100. The van der Waals surface area contributed by atoms with Crippen molar-refractivity contribution in [3.63, 3.8) is 0 Å². The number of rotatable bonds is 71. The van der Waals surface area contributed by atoms with Crippen LogP contribution in [0.3, 0.4) is 0 Å². The molecule has 9 unspecified atom stereocenters. The maximum atomic E-state index is 12.3. The minimum atomic E-state index is -3.33. The van der Waals surface area contributed by atoms with Gasteiger partial charge in [0.25, 0.3) is 0 Å². The smallest absolute Gasteiger partial charge is 0.248 e. The van der Waals surface area contributed by atoms with E-state index in [2.05, 4.69) is 25.2 Å². The van der Waals surface area contributed by atoms with Gasteiger partial charge in [-0.3, -0.25) is 14.5 Å². The van der Waals surface area contributed by atoms with Crippen LogP contribution in [-0.4, -0.2) is 163 Å². The van der Waals surface area contributed by atoms with E-state index >= 15 is 0 Å². The number of imide groups is 1. The van der Waals surface area contributed by atoms with Gasteiger partial charge < -0.3 is 71.0 Å². The van der Waals surface area contributed by atoms with Gasteiger partial charge >= 0.3 is 0 Å². The molecular formula is C73H144N2O16P4S. The number of amides is 2. The fraction of sp³-hybridized carbons (Fsp3) is 0.918. The Labute approximate surface area is 590 Å². The molecule has 3 fully saturated rings. The summed E-state index contributed by atoms with van der Waals surface area (Å²) in [5.41, 5.74) is 5.54. The maximum absolute atomic E-state index is 12.3. The SMILES string of the molecule is C=P(O)(OCCCCCCN)OCC1OCCC1OP(=C)(O)OCCCCCCCCCCCCCCCCCCCCCCCCCCCCCCCCCCCCCCCCCOP(=C)(O)OCC1OCCC1OP(=C)(O)OCCCCCCSC1CC(=O)N(CC)C1=O. The summed E-state index contributed by atoms with van der Waals surface area (Å²) < 4.78 is 57.2. The summed E-state index contributed by atoms with van der Waals surface area (Å²) in [6, 6.07) is 0. The van der Waals surface area contributed by atoms with Crippen LogP contribution in [0.5, 0.6) is 0 Å². The number of nitrogens with zero attached hydrogens (tertiary/aromatic N) is 1. The van der Waals surface area contributed by atoms with Gasteiger partial charge in [-0.25, -0.2) is 0 Å². The second-order valence-corrected chi connectivity index (χ2v) is 36.0. The third kappa shape index (κ3) is 48.9. The van der Waals surface area contributed by atoms with Gasteiger partial charge in [-0.05, 0) is 82.9 Å². The van der Waals surface area contributed by atoms with Crippen LogP contribution >= 0.6 is 42.0 Å². The summed E-state index contributed by atoms with van der Waals surface area (Å²) >= 11 is 1.56. The zero-order valence-electron chi connectivity index (χ0n) is 60.8. The van der Waals surface area contributed by atoms with E-state index in [1.165, 1.54) is 230 Å². The Morgan fingerprint density at radius 2 is 0.667 bits per heavy atom. The highest BCUT2D eigenvalue weighted by atomic mass is 32.2. The van der Waals surface area contributed by atoms with Crippen molar-refractivity contribution in [2.45, 2.75) is 358 Å². The lowest BCUT2D eigenvalue weighted by atomic mass is 10.0. The van der Waals surface area contributed by atoms with E-state index < -0.39 is 54.7 Å². The van der Waals surface area contributed by atoms with Crippen molar-refractivity contribution in [1.82, 2.24) is 4.90 Å². The Morgan fingerprint density at radius 3 is 0.938 bits per heavy atom. The highest BCUT2D eigenvalue weighted by Crippen LogP contribution is 2.50. The summed E-state index contributed by atoms with van der Waals surface area (Å²) in [4.78, 5) is 68.3. The molecule has 0 aliphatic carbocycles. The Morgan fingerprint density at radius 1 is 0.406 bits per heavy atom. The van der Waals surface area contributed by atoms with Crippen molar-refractivity contribution in [2.75, 3.05) is 71.7 Å². The molecule has 9 atom stereocenters. The van der Waals surface area contributed by atoms with Crippen LogP contribution < -0.4 is 5.73 Å². The van der Waals surface area contributed by atoms with E-state index in [0.29, 0.717) is 72.0 Å². The van der Waals surface area contributed by atoms with Crippen LogP contribution in [0, 0.1) is 0 Å². The highest BCUT2D eigenvalue weighted by Gasteiger charge is 2.38. The summed E-state index contributed by atoms with van der Waals surface area (Å²) in [6.07, 6.45) is 74.0. The molecule has 568 valence electrons. The first-order chi connectivity index (χ1) is 46.5. The number of hydrogen-bond acceptors (Lipinski definition) is 18. The largest absolute Gasteiger partial charge is 0.373 e. The lowest BCUT2D eigenvalue weighted by Gasteiger charge is -2.26. The lowest BCUT2D eigenvalue weighted by Crippen LogP contribution is -2.30. The van der Waals surface area contributed by atoms with E-state index in [9.17, 15) is 29.2 Å². The van der Waals surface area contributed by atoms with E-state index in [1.807, 2.05) is 6.92 Å². The zero-order chi connectivity index (χ0) is 69.5. The Balaban J connectivity index is 0.943. The van der Waals surface area contributed by atoms with Crippen LogP contribution in [0.2, 0.25) is 0 Å². The number of thioether (sulfide) groups is 1. The Kier molecular flexibility index (Phi) is 54.9. The van der Waals surface area contributed by atoms with Crippen LogP contribution in [0.15, 0.2) is 0 Å². The van der Waals surface area contributed by atoms with Crippen LogP contribution in [0.4, 0.5) is 0 Å². The molecule has 0 bridgehead atoms. The molecule has 18 nitrogen and oxygen atoms in total. The van der Waals surface area contributed by atoms with Gasteiger partial charge in [0.05, 0.1) is 57.1 Å². The van der Waals surface area contributed by atoms with Gasteiger partial charge in [0.15, 0.2) is 0 Å². The first-order valence-corrected chi connectivity index (χ1v) is 47.0. The minimum Gasteiger partial charge on any atom is -0.373 e. The quantitative estimate of drug-likeness (QED) is 0.0216. The van der Waals surface area contributed by atoms with E-state index in [1.54, 1.807) is 11.8 Å². The molecule has 0 spiro atoms. The number of ether oxygens (including phenoxy) is 2. The maximum Gasteiger partial charge on any atom is 0.248 e. The molecule has 2 amide bonds. The standard InChI is InChI=1S/C73H144N2O16P4S/c1-6-75-72(76)64-71(73(75)77)96-63-53-47-46-52-60-87-95(5,81)91-68-55-62-82-69(68)65-88-92(2,78)84-57-49-43-40-38-36-34-32-30-28-26-24-22-20-18-16-14-12-10-8-7-9-11-13-15-17-19-21-23-25-27-29-31-33-35-37-39-41-44-50-59-86-94(4,80)90-67-54-61-83-70(67)66-89-93(3,79)85-58-51-45-42-48-56-74/h67-71,78-81H,2-66,74H2,1H3. The molecule has 0 aromatic heterocycles. The number of carbonyl (C=O) groups is 2. The summed E-state index contributed by atoms with van der Waals surface area (Å²) in [5.74, 6) is 0.687. The molecule has 0 aromatic carbocycles. The second-order valence-electron chi connectivity index (χ2n) is 27.6. The van der Waals surface area contributed by atoms with Crippen LogP contribution in [0.1, 0.15) is 328 Å². The van der Waals surface area contributed by atoms with Crippen molar-refractivity contribution < 1.29 is 74.8 Å². The molecule has 3 heterocycles. The normalized spacial score (nSPS) is 20.9. The van der Waals surface area contributed by atoms with Crippen LogP contribution in [0.25, 0.3) is 0 Å². The van der Waals surface area contributed by atoms with Gasteiger partial charge in [-0.2, -0.15) is 0 Å². The Hall–Kier alpha value is 0.0900. The zero-order valence-corrected chi connectivity index (χ0v) is 65.2. The molecule has 6 N–H and O–H groups in total. The van der Waals surface area contributed by atoms with Crippen molar-refractivity contribution in [2.24, 2.45) is 5.73 Å². The predicted molar refractivity (Wildman–Crippen MR) is 409 cm³/mol. The molecule has 3 aliphatic rings. The van der Waals surface area contributed by atoms with Gasteiger partial charge in [0.2, 0.25) is 42.1 Å².